The highest BCUT2D eigenvalue weighted by molar-refractivity contribution is 6.55. The molecule has 28 heavy (non-hydrogen) atoms. The first-order valence-electron chi connectivity index (χ1n) is 9.52. The first-order valence-corrected chi connectivity index (χ1v) is 10.6. The molecule has 0 fully saturated rings. The van der Waals surface area contributed by atoms with Crippen molar-refractivity contribution >= 4 is 40.5 Å². The van der Waals surface area contributed by atoms with E-state index in [0.29, 0.717) is 35.7 Å². The quantitative estimate of drug-likeness (QED) is 0.179. The molecule has 0 spiro atoms. The Morgan fingerprint density at radius 3 is 2.46 bits per heavy atom. The normalized spacial score (nSPS) is 11.5. The van der Waals surface area contributed by atoms with Gasteiger partial charge in [0.15, 0.2) is 0 Å². The molecular weight excluding hydrogens is 421 g/mol. The molecule has 4 nitrogen and oxygen atoms in total. The molecule has 0 unspecified atom stereocenters. The maximum Gasteiger partial charge on any atom is 0.141 e. The second-order valence-corrected chi connectivity index (χ2v) is 8.44. The fraction of sp³-hybridized carbons (Fsp3) is 0.571. The van der Waals surface area contributed by atoms with Gasteiger partial charge in [0.25, 0.3) is 0 Å². The van der Waals surface area contributed by atoms with Crippen molar-refractivity contribution in [3.05, 3.63) is 33.3 Å². The van der Waals surface area contributed by atoms with E-state index in [2.05, 4.69) is 19.0 Å². The van der Waals surface area contributed by atoms with E-state index in [1.54, 1.807) is 12.1 Å². The van der Waals surface area contributed by atoms with E-state index in [1.807, 2.05) is 19.9 Å². The van der Waals surface area contributed by atoms with Crippen molar-refractivity contribution in [1.82, 2.24) is 0 Å². The molecule has 7 heteroatoms. The number of benzene rings is 1. The molecule has 0 aromatic heterocycles. The number of halogens is 3. The van der Waals surface area contributed by atoms with Crippen LogP contribution in [0.3, 0.4) is 0 Å². The SMILES string of the molecule is CC(CC(C)C)=NOCCCCCOc1c(C)cc(OCC=C(Cl)Cl)cc1Cl. The van der Waals surface area contributed by atoms with Gasteiger partial charge >= 0.3 is 0 Å². The second kappa shape index (κ2) is 14.0. The van der Waals surface area contributed by atoms with E-state index in [9.17, 15) is 0 Å². The highest BCUT2D eigenvalue weighted by Crippen LogP contribution is 2.33. The van der Waals surface area contributed by atoms with Crippen LogP contribution in [0.5, 0.6) is 11.5 Å². The molecule has 1 aromatic carbocycles. The van der Waals surface area contributed by atoms with Gasteiger partial charge in [-0.2, -0.15) is 0 Å². The summed E-state index contributed by atoms with van der Waals surface area (Å²) in [5, 5.41) is 4.65. The third-order valence-electron chi connectivity index (χ3n) is 3.74. The second-order valence-electron chi connectivity index (χ2n) is 7.02. The van der Waals surface area contributed by atoms with E-state index in [-0.39, 0.29) is 11.1 Å². The molecule has 0 saturated carbocycles. The lowest BCUT2D eigenvalue weighted by atomic mass is 10.1. The van der Waals surface area contributed by atoms with Crippen LogP contribution < -0.4 is 9.47 Å². The Hall–Kier alpha value is -1.10. The average molecular weight is 451 g/mol. The van der Waals surface area contributed by atoms with E-state index in [4.69, 9.17) is 49.1 Å². The summed E-state index contributed by atoms with van der Waals surface area (Å²) >= 11 is 17.4. The molecule has 0 aliphatic heterocycles. The van der Waals surface area contributed by atoms with Gasteiger partial charge in [-0.05, 0) is 63.2 Å². The first kappa shape index (κ1) is 24.9. The van der Waals surface area contributed by atoms with Crippen molar-refractivity contribution in [3.8, 4) is 11.5 Å². The Balaban J connectivity index is 2.29. The number of rotatable bonds is 13. The summed E-state index contributed by atoms with van der Waals surface area (Å²) < 4.78 is 11.6. The van der Waals surface area contributed by atoms with Crippen LogP contribution in [0.25, 0.3) is 0 Å². The molecule has 158 valence electrons. The molecule has 0 atom stereocenters. The molecule has 0 heterocycles. The van der Waals surface area contributed by atoms with Gasteiger partial charge in [-0.1, -0.05) is 53.8 Å². The topological polar surface area (TPSA) is 40.0 Å². The van der Waals surface area contributed by atoms with Crippen LogP contribution in [0.2, 0.25) is 5.02 Å². The van der Waals surface area contributed by atoms with Gasteiger partial charge in [0, 0.05) is 6.07 Å². The fourth-order valence-electron chi connectivity index (χ4n) is 2.57. The van der Waals surface area contributed by atoms with E-state index >= 15 is 0 Å². The van der Waals surface area contributed by atoms with Gasteiger partial charge in [0.1, 0.15) is 29.2 Å². The zero-order valence-corrected chi connectivity index (χ0v) is 19.3. The Bertz CT molecular complexity index is 633. The van der Waals surface area contributed by atoms with Crippen LogP contribution in [0.1, 0.15) is 52.0 Å². The molecule has 1 aromatic rings. The zero-order chi connectivity index (χ0) is 20.9. The van der Waals surface area contributed by atoms with Crippen molar-refractivity contribution in [3.63, 3.8) is 0 Å². The van der Waals surface area contributed by atoms with Crippen LogP contribution >= 0.6 is 34.8 Å². The minimum Gasteiger partial charge on any atom is -0.492 e. The zero-order valence-electron chi connectivity index (χ0n) is 17.1. The van der Waals surface area contributed by atoms with Crippen LogP contribution in [0.4, 0.5) is 0 Å². The third kappa shape index (κ3) is 11.0. The Kier molecular flexibility index (Phi) is 12.4. The summed E-state index contributed by atoms with van der Waals surface area (Å²) in [6.07, 6.45) is 5.40. The predicted octanol–water partition coefficient (Wildman–Crippen LogP) is 7.33. The molecule has 0 N–H and O–H groups in total. The van der Waals surface area contributed by atoms with Crippen LogP contribution in [0, 0.1) is 12.8 Å². The Labute approximate surface area is 183 Å². The van der Waals surface area contributed by atoms with Gasteiger partial charge in [-0.3, -0.25) is 0 Å². The maximum atomic E-state index is 6.32. The van der Waals surface area contributed by atoms with Crippen molar-refractivity contribution < 1.29 is 14.3 Å². The van der Waals surface area contributed by atoms with Crippen molar-refractivity contribution in [2.45, 2.75) is 53.4 Å². The Morgan fingerprint density at radius 1 is 1.11 bits per heavy atom. The standard InChI is InChI=1S/C21H30Cl3NO3/c1-15(2)12-17(4)25-28-10-7-5-6-9-27-21-16(3)13-18(14-19(21)22)26-11-8-20(23)24/h8,13-15H,5-7,9-12H2,1-4H3. The first-order chi connectivity index (χ1) is 13.3. The number of nitrogens with zero attached hydrogens (tertiary/aromatic N) is 1. The van der Waals surface area contributed by atoms with Crippen LogP contribution in [-0.4, -0.2) is 25.5 Å². The number of unbranched alkanes of at least 4 members (excludes halogenated alkanes) is 2. The monoisotopic (exact) mass is 449 g/mol. The third-order valence-corrected chi connectivity index (χ3v) is 4.33. The molecule has 0 bridgehead atoms. The van der Waals surface area contributed by atoms with Crippen molar-refractivity contribution in [2.75, 3.05) is 19.8 Å². The summed E-state index contributed by atoms with van der Waals surface area (Å²) in [5.74, 6) is 1.93. The summed E-state index contributed by atoms with van der Waals surface area (Å²) in [6, 6.07) is 3.60. The summed E-state index contributed by atoms with van der Waals surface area (Å²) in [6.45, 7) is 9.78. The highest BCUT2D eigenvalue weighted by Gasteiger charge is 2.09. The number of ether oxygens (including phenoxy) is 2. The van der Waals surface area contributed by atoms with E-state index in [1.165, 1.54) is 0 Å². The molecule has 0 aliphatic carbocycles. The van der Waals surface area contributed by atoms with Crippen LogP contribution in [-0.2, 0) is 4.84 Å². The van der Waals surface area contributed by atoms with Gasteiger partial charge in [0.2, 0.25) is 0 Å². The van der Waals surface area contributed by atoms with Gasteiger partial charge in [-0.15, -0.1) is 0 Å². The number of oxime groups is 1. The van der Waals surface area contributed by atoms with Crippen LogP contribution in [0.15, 0.2) is 27.9 Å². The lowest BCUT2D eigenvalue weighted by molar-refractivity contribution is 0.137. The fourth-order valence-corrected chi connectivity index (χ4v) is 3.01. The number of aryl methyl sites for hydroxylation is 1. The van der Waals surface area contributed by atoms with Crippen molar-refractivity contribution in [2.24, 2.45) is 11.1 Å². The minimum absolute atomic E-state index is 0.172. The van der Waals surface area contributed by atoms with E-state index in [0.717, 1.165) is 37.0 Å². The molecule has 0 aliphatic rings. The van der Waals surface area contributed by atoms with Crippen molar-refractivity contribution in [1.29, 1.82) is 0 Å². The lowest BCUT2D eigenvalue weighted by Crippen LogP contribution is -2.02. The lowest BCUT2D eigenvalue weighted by Gasteiger charge is -2.13. The molecule has 0 saturated heterocycles. The summed E-state index contributed by atoms with van der Waals surface area (Å²) in [4.78, 5) is 5.35. The average Bonchev–Trinajstić information content (AvgIpc) is 2.58. The molecule has 0 radical (unpaired) electrons. The predicted molar refractivity (Wildman–Crippen MR) is 119 cm³/mol. The van der Waals surface area contributed by atoms with Gasteiger partial charge < -0.3 is 14.3 Å². The van der Waals surface area contributed by atoms with E-state index < -0.39 is 0 Å². The summed E-state index contributed by atoms with van der Waals surface area (Å²) in [7, 11) is 0. The number of hydrogen-bond donors (Lipinski definition) is 0. The maximum absolute atomic E-state index is 6.32. The largest absolute Gasteiger partial charge is 0.492 e. The highest BCUT2D eigenvalue weighted by atomic mass is 35.5. The molecular formula is C21H30Cl3NO3. The molecule has 0 amide bonds. The molecule has 1 rings (SSSR count). The smallest absolute Gasteiger partial charge is 0.141 e. The van der Waals surface area contributed by atoms with Gasteiger partial charge in [-0.25, -0.2) is 0 Å². The summed E-state index contributed by atoms with van der Waals surface area (Å²) in [5.41, 5.74) is 1.96. The Morgan fingerprint density at radius 2 is 1.82 bits per heavy atom. The number of hydrogen-bond acceptors (Lipinski definition) is 4. The van der Waals surface area contributed by atoms with Gasteiger partial charge in [0.05, 0.1) is 17.3 Å². The minimum atomic E-state index is 0.172.